The number of aromatic nitrogens is 1. The highest BCUT2D eigenvalue weighted by molar-refractivity contribution is 9.10. The predicted molar refractivity (Wildman–Crippen MR) is 51.2 cm³/mol. The number of nitrogens with zero attached hydrogens (tertiary/aromatic N) is 2. The summed E-state index contributed by atoms with van der Waals surface area (Å²) in [5.41, 5.74) is 6.01. The van der Waals surface area contributed by atoms with Gasteiger partial charge in [-0.15, -0.1) is 0 Å². The molecular weight excluding hydrogens is 238 g/mol. The summed E-state index contributed by atoms with van der Waals surface area (Å²) in [6, 6.07) is -0.391. The second-order valence-electron chi connectivity index (χ2n) is 2.60. The van der Waals surface area contributed by atoms with Crippen LogP contribution < -0.4 is 5.73 Å². The zero-order chi connectivity index (χ0) is 10.0. The third-order valence-corrected chi connectivity index (χ3v) is 2.20. The zero-order valence-corrected chi connectivity index (χ0v) is 8.48. The van der Waals surface area contributed by atoms with Crippen molar-refractivity contribution in [2.24, 2.45) is 5.73 Å². The average molecular weight is 246 g/mol. The van der Waals surface area contributed by atoms with Gasteiger partial charge in [0.1, 0.15) is 6.20 Å². The van der Waals surface area contributed by atoms with Gasteiger partial charge < -0.3 is 5.73 Å². The molecule has 0 saturated carbocycles. The normalized spacial score (nSPS) is 12.5. The van der Waals surface area contributed by atoms with Gasteiger partial charge in [-0.05, 0) is 22.9 Å². The summed E-state index contributed by atoms with van der Waals surface area (Å²) in [7, 11) is 0. The molecule has 70 valence electrons. The summed E-state index contributed by atoms with van der Waals surface area (Å²) in [5.74, 6) is 0. The Bertz CT molecular complexity index is 341. The monoisotopic (exact) mass is 245 g/mol. The molecule has 0 fully saturated rings. The molecule has 0 aliphatic heterocycles. The van der Waals surface area contributed by atoms with Gasteiger partial charge in [0, 0.05) is 16.7 Å². The fraction of sp³-hybridized carbons (Fsp3) is 0.286. The highest BCUT2D eigenvalue weighted by Crippen LogP contribution is 2.29. The second kappa shape index (κ2) is 3.80. The molecular formula is C7H8BrN3O2. The Labute approximate surface area is 83.2 Å². The van der Waals surface area contributed by atoms with Crippen LogP contribution in [-0.2, 0) is 0 Å². The van der Waals surface area contributed by atoms with Crippen LogP contribution in [-0.4, -0.2) is 9.91 Å². The average Bonchev–Trinajstić information content (AvgIpc) is 2.02. The molecule has 5 nitrogen and oxygen atoms in total. The van der Waals surface area contributed by atoms with E-state index in [0.29, 0.717) is 10.0 Å². The number of nitro groups is 1. The number of halogens is 1. The molecule has 0 saturated heterocycles. The highest BCUT2D eigenvalue weighted by atomic mass is 79.9. The first-order valence-corrected chi connectivity index (χ1v) is 4.36. The zero-order valence-electron chi connectivity index (χ0n) is 6.90. The lowest BCUT2D eigenvalue weighted by molar-refractivity contribution is -0.386. The molecule has 1 rings (SSSR count). The molecule has 0 aliphatic carbocycles. The van der Waals surface area contributed by atoms with E-state index in [1.807, 2.05) is 0 Å². The Morgan fingerprint density at radius 1 is 1.69 bits per heavy atom. The van der Waals surface area contributed by atoms with E-state index in [9.17, 15) is 10.1 Å². The van der Waals surface area contributed by atoms with Crippen molar-refractivity contribution in [3.63, 3.8) is 0 Å². The first-order chi connectivity index (χ1) is 6.04. The van der Waals surface area contributed by atoms with Crippen molar-refractivity contribution in [3.05, 3.63) is 32.5 Å². The van der Waals surface area contributed by atoms with E-state index >= 15 is 0 Å². The molecule has 0 radical (unpaired) electrons. The first-order valence-electron chi connectivity index (χ1n) is 3.57. The molecule has 1 aromatic rings. The van der Waals surface area contributed by atoms with E-state index in [4.69, 9.17) is 5.73 Å². The molecule has 1 aromatic heterocycles. The molecule has 0 spiro atoms. The quantitative estimate of drug-likeness (QED) is 0.636. The van der Waals surface area contributed by atoms with E-state index < -0.39 is 11.0 Å². The maximum absolute atomic E-state index is 10.6. The SMILES string of the molecule is CC(N)c1c(Br)cncc1[N+](=O)[O-]. The van der Waals surface area contributed by atoms with Crippen LogP contribution >= 0.6 is 15.9 Å². The van der Waals surface area contributed by atoms with Gasteiger partial charge in [-0.1, -0.05) is 0 Å². The van der Waals surface area contributed by atoms with Crippen molar-refractivity contribution in [2.45, 2.75) is 13.0 Å². The van der Waals surface area contributed by atoms with Gasteiger partial charge in [0.2, 0.25) is 0 Å². The van der Waals surface area contributed by atoms with E-state index in [2.05, 4.69) is 20.9 Å². The lowest BCUT2D eigenvalue weighted by Crippen LogP contribution is -2.09. The predicted octanol–water partition coefficient (Wildman–Crippen LogP) is 1.77. The molecule has 0 aromatic carbocycles. The third-order valence-electron chi connectivity index (χ3n) is 1.57. The number of nitrogens with two attached hydrogens (primary N) is 1. The van der Waals surface area contributed by atoms with E-state index in [1.54, 1.807) is 6.92 Å². The molecule has 1 heterocycles. The van der Waals surface area contributed by atoms with Gasteiger partial charge in [-0.3, -0.25) is 15.1 Å². The Morgan fingerprint density at radius 2 is 2.31 bits per heavy atom. The largest absolute Gasteiger partial charge is 0.324 e. The van der Waals surface area contributed by atoms with Crippen LogP contribution in [0.15, 0.2) is 16.9 Å². The molecule has 0 aliphatic rings. The van der Waals surface area contributed by atoms with Crippen LogP contribution in [0.5, 0.6) is 0 Å². The topological polar surface area (TPSA) is 82.0 Å². The van der Waals surface area contributed by atoms with Gasteiger partial charge >= 0.3 is 0 Å². The Morgan fingerprint density at radius 3 is 2.69 bits per heavy atom. The lowest BCUT2D eigenvalue weighted by Gasteiger charge is -2.07. The fourth-order valence-corrected chi connectivity index (χ4v) is 1.71. The number of hydrogen-bond acceptors (Lipinski definition) is 4. The van der Waals surface area contributed by atoms with Crippen molar-refractivity contribution in [1.29, 1.82) is 0 Å². The Balaban J connectivity index is 3.34. The van der Waals surface area contributed by atoms with Crippen molar-refractivity contribution < 1.29 is 4.92 Å². The standard InChI is InChI=1S/C7H8BrN3O2/c1-4(9)7-5(8)2-10-3-6(7)11(12)13/h2-4H,9H2,1H3. The van der Waals surface area contributed by atoms with E-state index in [-0.39, 0.29) is 5.69 Å². The maximum atomic E-state index is 10.6. The summed E-state index contributed by atoms with van der Waals surface area (Å²) < 4.78 is 0.566. The summed E-state index contributed by atoms with van der Waals surface area (Å²) in [5, 5.41) is 10.6. The summed E-state index contributed by atoms with van der Waals surface area (Å²) in [4.78, 5) is 13.8. The minimum atomic E-state index is -0.490. The van der Waals surface area contributed by atoms with Gasteiger partial charge in [-0.2, -0.15) is 0 Å². The van der Waals surface area contributed by atoms with Crippen LogP contribution in [0.4, 0.5) is 5.69 Å². The third kappa shape index (κ3) is 2.02. The molecule has 13 heavy (non-hydrogen) atoms. The molecule has 1 atom stereocenters. The smallest absolute Gasteiger partial charge is 0.293 e. The first kappa shape index (κ1) is 10.1. The van der Waals surface area contributed by atoms with Gasteiger partial charge in [0.15, 0.2) is 0 Å². The van der Waals surface area contributed by atoms with E-state index in [1.165, 1.54) is 12.4 Å². The van der Waals surface area contributed by atoms with E-state index in [0.717, 1.165) is 0 Å². The number of hydrogen-bond donors (Lipinski definition) is 1. The minimum Gasteiger partial charge on any atom is -0.324 e. The fourth-order valence-electron chi connectivity index (χ4n) is 1.03. The highest BCUT2D eigenvalue weighted by Gasteiger charge is 2.19. The molecule has 0 amide bonds. The molecule has 0 bridgehead atoms. The molecule has 1 unspecified atom stereocenters. The lowest BCUT2D eigenvalue weighted by atomic mass is 10.1. The molecule has 2 N–H and O–H groups in total. The van der Waals surface area contributed by atoms with Gasteiger partial charge in [0.25, 0.3) is 5.69 Å². The summed E-state index contributed by atoms with van der Waals surface area (Å²) in [6.07, 6.45) is 2.69. The van der Waals surface area contributed by atoms with Gasteiger partial charge in [-0.25, -0.2) is 0 Å². The molecule has 6 heteroatoms. The maximum Gasteiger partial charge on any atom is 0.293 e. The number of rotatable bonds is 2. The van der Waals surface area contributed by atoms with Gasteiger partial charge in [0.05, 0.1) is 10.5 Å². The van der Waals surface area contributed by atoms with Crippen LogP contribution in [0.2, 0.25) is 0 Å². The van der Waals surface area contributed by atoms with Crippen molar-refractivity contribution >= 4 is 21.6 Å². The van der Waals surface area contributed by atoms with Crippen LogP contribution in [0.25, 0.3) is 0 Å². The van der Waals surface area contributed by atoms with Crippen molar-refractivity contribution in [3.8, 4) is 0 Å². The van der Waals surface area contributed by atoms with Crippen LogP contribution in [0.1, 0.15) is 18.5 Å². The Kier molecular flexibility index (Phi) is 2.94. The summed E-state index contributed by atoms with van der Waals surface area (Å²) >= 11 is 3.17. The van der Waals surface area contributed by atoms with Crippen LogP contribution in [0.3, 0.4) is 0 Å². The second-order valence-corrected chi connectivity index (χ2v) is 3.45. The number of pyridine rings is 1. The van der Waals surface area contributed by atoms with Crippen molar-refractivity contribution in [1.82, 2.24) is 4.98 Å². The van der Waals surface area contributed by atoms with Crippen LogP contribution in [0, 0.1) is 10.1 Å². The Hall–Kier alpha value is -1.01. The van der Waals surface area contributed by atoms with Crippen molar-refractivity contribution in [2.75, 3.05) is 0 Å². The minimum absolute atomic E-state index is 0.0515. The summed E-state index contributed by atoms with van der Waals surface area (Å²) in [6.45, 7) is 1.69.